The summed E-state index contributed by atoms with van der Waals surface area (Å²) < 4.78 is 11.5. The highest BCUT2D eigenvalue weighted by Crippen LogP contribution is 2.43. The molecule has 3 heterocycles. The maximum absolute atomic E-state index is 6.57. The zero-order valence-electron chi connectivity index (χ0n) is 26.7. The smallest absolute Gasteiger partial charge is 0.143 e. The van der Waals surface area contributed by atoms with Crippen molar-refractivity contribution in [3.63, 3.8) is 0 Å². The van der Waals surface area contributed by atoms with E-state index in [9.17, 15) is 0 Å². The van der Waals surface area contributed by atoms with Crippen LogP contribution in [0.15, 0.2) is 156 Å². The summed E-state index contributed by atoms with van der Waals surface area (Å²) in [5.74, 6) is 0. The Kier molecular flexibility index (Phi) is 5.50. The van der Waals surface area contributed by atoms with Crippen molar-refractivity contribution in [1.82, 2.24) is 9.13 Å². The molecule has 0 unspecified atom stereocenters. The predicted octanol–water partition coefficient (Wildman–Crippen LogP) is 12.4. The van der Waals surface area contributed by atoms with Crippen LogP contribution in [0, 0.1) is 0 Å². The summed E-state index contributed by atoms with van der Waals surface area (Å²) in [6.07, 6.45) is 6.77. The molecule has 3 nitrogen and oxygen atoms in total. The van der Waals surface area contributed by atoms with Crippen LogP contribution in [-0.4, -0.2) is 9.13 Å². The maximum atomic E-state index is 6.57. The minimum Gasteiger partial charge on any atom is -0.455 e. The van der Waals surface area contributed by atoms with Gasteiger partial charge in [-0.25, -0.2) is 0 Å². The number of aryl methyl sites for hydroxylation is 1. The van der Waals surface area contributed by atoms with Crippen molar-refractivity contribution in [3.05, 3.63) is 163 Å². The Morgan fingerprint density at radius 2 is 1.29 bits per heavy atom. The minimum atomic E-state index is 0.923. The van der Waals surface area contributed by atoms with E-state index in [0.717, 1.165) is 51.6 Å². The summed E-state index contributed by atoms with van der Waals surface area (Å²) in [5, 5.41) is 8.63. The van der Waals surface area contributed by atoms with Crippen molar-refractivity contribution in [2.45, 2.75) is 12.8 Å². The van der Waals surface area contributed by atoms with Crippen LogP contribution >= 0.6 is 0 Å². The molecule has 49 heavy (non-hydrogen) atoms. The van der Waals surface area contributed by atoms with Crippen molar-refractivity contribution in [1.29, 1.82) is 0 Å². The number of hydrogen-bond acceptors (Lipinski definition) is 1. The number of hydrogen-bond donors (Lipinski definition) is 0. The predicted molar refractivity (Wildman–Crippen MR) is 205 cm³/mol. The number of furan rings is 1. The number of fused-ring (bicyclic) bond motifs is 11. The van der Waals surface area contributed by atoms with Crippen molar-refractivity contribution in [2.24, 2.45) is 0 Å². The van der Waals surface area contributed by atoms with E-state index >= 15 is 0 Å². The number of allylic oxidation sites excluding steroid dienone is 1. The number of para-hydroxylation sites is 3. The van der Waals surface area contributed by atoms with Gasteiger partial charge in [-0.15, -0.1) is 0 Å². The Balaban J connectivity index is 1.12. The summed E-state index contributed by atoms with van der Waals surface area (Å²) >= 11 is 0. The molecule has 0 N–H and O–H groups in total. The van der Waals surface area contributed by atoms with Crippen LogP contribution < -0.4 is 0 Å². The third-order valence-electron chi connectivity index (χ3n) is 10.6. The first-order valence-electron chi connectivity index (χ1n) is 17.1. The van der Waals surface area contributed by atoms with Gasteiger partial charge in [-0.2, -0.15) is 0 Å². The molecular weight excluding hydrogens is 597 g/mol. The minimum absolute atomic E-state index is 0.923. The van der Waals surface area contributed by atoms with Crippen LogP contribution in [-0.2, 0) is 6.42 Å². The van der Waals surface area contributed by atoms with Gasteiger partial charge in [0.05, 0.1) is 16.6 Å². The van der Waals surface area contributed by atoms with Crippen LogP contribution in [0.25, 0.3) is 94.0 Å². The highest BCUT2D eigenvalue weighted by Gasteiger charge is 2.24. The fourth-order valence-electron chi connectivity index (χ4n) is 8.40. The average Bonchev–Trinajstić information content (AvgIpc) is 3.81. The number of aromatic nitrogens is 2. The lowest BCUT2D eigenvalue weighted by molar-refractivity contribution is 0.670. The second kappa shape index (κ2) is 10.1. The van der Waals surface area contributed by atoms with Gasteiger partial charge in [0.25, 0.3) is 0 Å². The SMILES string of the molecule is C1=Cc2c(c3ccc4c(c5ccccc5n4-c4ccc(-c5cccc6c5oc5cc7ccccc7cc56)cc4)c3n2-c2ccccc2)CC1. The highest BCUT2D eigenvalue weighted by molar-refractivity contribution is 6.22. The third kappa shape index (κ3) is 3.78. The van der Waals surface area contributed by atoms with Gasteiger partial charge in [-0.05, 0) is 89.3 Å². The van der Waals surface area contributed by atoms with Crippen LogP contribution in [0.2, 0.25) is 0 Å². The molecule has 11 rings (SSSR count). The fraction of sp³-hybridized carbons (Fsp3) is 0.0435. The quantitative estimate of drug-likeness (QED) is 0.191. The lowest BCUT2D eigenvalue weighted by Gasteiger charge is -2.12. The van der Waals surface area contributed by atoms with Crippen LogP contribution in [0.4, 0.5) is 0 Å². The Labute approximate surface area is 282 Å². The van der Waals surface area contributed by atoms with Gasteiger partial charge in [-0.3, -0.25) is 0 Å². The van der Waals surface area contributed by atoms with Gasteiger partial charge < -0.3 is 13.6 Å². The van der Waals surface area contributed by atoms with Crippen molar-refractivity contribution < 1.29 is 4.42 Å². The summed E-state index contributed by atoms with van der Waals surface area (Å²) in [7, 11) is 0. The standard InChI is InChI=1S/C46H30N2O/c1-2-13-32(14-3-1)48-40-19-8-6-15-35(40)36-25-26-42-44(45(36)48)38-16-7-9-20-41(38)47(42)33-23-21-29(22-24-33)34-17-10-18-37-39-27-30-11-4-5-12-31(30)28-43(39)49-46(34)37/h1-5,7-14,16-28H,6,15H2. The average molecular weight is 627 g/mol. The summed E-state index contributed by atoms with van der Waals surface area (Å²) in [6.45, 7) is 0. The van der Waals surface area contributed by atoms with Gasteiger partial charge in [0.1, 0.15) is 11.2 Å². The molecule has 0 spiro atoms. The fourth-order valence-corrected chi connectivity index (χ4v) is 8.40. The van der Waals surface area contributed by atoms with E-state index in [-0.39, 0.29) is 0 Å². The van der Waals surface area contributed by atoms with E-state index in [1.54, 1.807) is 0 Å². The van der Waals surface area contributed by atoms with Crippen LogP contribution in [0.5, 0.6) is 0 Å². The Morgan fingerprint density at radius 3 is 2.16 bits per heavy atom. The molecule has 3 aromatic heterocycles. The molecule has 0 saturated heterocycles. The largest absolute Gasteiger partial charge is 0.455 e. The molecule has 230 valence electrons. The van der Waals surface area contributed by atoms with Crippen molar-refractivity contribution >= 4 is 71.5 Å². The van der Waals surface area contributed by atoms with Gasteiger partial charge in [0, 0.05) is 49.6 Å². The Hall–Kier alpha value is -6.32. The first kappa shape index (κ1) is 26.7. The summed E-state index contributed by atoms with van der Waals surface area (Å²) in [4.78, 5) is 0. The maximum Gasteiger partial charge on any atom is 0.143 e. The van der Waals surface area contributed by atoms with E-state index in [1.165, 1.54) is 60.4 Å². The Morgan fingerprint density at radius 1 is 0.531 bits per heavy atom. The molecule has 0 amide bonds. The van der Waals surface area contributed by atoms with Crippen molar-refractivity contribution in [3.8, 4) is 22.5 Å². The second-order valence-corrected chi connectivity index (χ2v) is 13.2. The van der Waals surface area contributed by atoms with Gasteiger partial charge in [0.2, 0.25) is 0 Å². The molecule has 0 aliphatic heterocycles. The molecule has 0 saturated carbocycles. The Bertz CT molecular complexity index is 2970. The van der Waals surface area contributed by atoms with Crippen LogP contribution in [0.3, 0.4) is 0 Å². The number of benzene rings is 7. The molecule has 1 aliphatic carbocycles. The third-order valence-corrected chi connectivity index (χ3v) is 10.6. The van der Waals surface area contributed by atoms with E-state index in [4.69, 9.17) is 4.42 Å². The van der Waals surface area contributed by atoms with E-state index in [1.807, 2.05) is 0 Å². The van der Waals surface area contributed by atoms with Gasteiger partial charge in [-0.1, -0.05) is 103 Å². The molecule has 0 radical (unpaired) electrons. The van der Waals surface area contributed by atoms with Gasteiger partial charge >= 0.3 is 0 Å². The zero-order chi connectivity index (χ0) is 32.1. The normalized spacial score (nSPS) is 13.1. The molecular formula is C46H30N2O. The molecule has 7 aromatic carbocycles. The highest BCUT2D eigenvalue weighted by atomic mass is 16.3. The lowest BCUT2D eigenvalue weighted by Crippen LogP contribution is -2.00. The molecule has 1 aliphatic rings. The molecule has 0 fully saturated rings. The zero-order valence-corrected chi connectivity index (χ0v) is 26.7. The first-order chi connectivity index (χ1) is 24.3. The molecule has 10 aromatic rings. The second-order valence-electron chi connectivity index (χ2n) is 13.2. The van der Waals surface area contributed by atoms with E-state index < -0.39 is 0 Å². The summed E-state index contributed by atoms with van der Waals surface area (Å²) in [6, 6.07) is 52.7. The van der Waals surface area contributed by atoms with E-state index in [2.05, 4.69) is 167 Å². The molecule has 0 atom stereocenters. The lowest BCUT2D eigenvalue weighted by atomic mass is 10.00. The topological polar surface area (TPSA) is 23.0 Å². The monoisotopic (exact) mass is 626 g/mol. The van der Waals surface area contributed by atoms with Crippen molar-refractivity contribution in [2.75, 3.05) is 0 Å². The number of rotatable bonds is 3. The first-order valence-corrected chi connectivity index (χ1v) is 17.1. The van der Waals surface area contributed by atoms with Crippen LogP contribution in [0.1, 0.15) is 17.7 Å². The summed E-state index contributed by atoms with van der Waals surface area (Å²) in [5.41, 5.74) is 12.9. The number of nitrogens with zero attached hydrogens (tertiary/aromatic N) is 2. The van der Waals surface area contributed by atoms with Gasteiger partial charge in [0.15, 0.2) is 0 Å². The molecule has 3 heteroatoms. The van der Waals surface area contributed by atoms with E-state index in [0.29, 0.717) is 0 Å². The molecule has 0 bridgehead atoms.